The molecular formula is C12H24N2O3Si. The first kappa shape index (κ1) is 15.4. The molecule has 104 valence electrons. The van der Waals surface area contributed by atoms with Gasteiger partial charge in [-0.1, -0.05) is 0 Å². The molecule has 0 aliphatic carbocycles. The highest BCUT2D eigenvalue weighted by molar-refractivity contribution is 6.60. The quantitative estimate of drug-likeness (QED) is 0.688. The van der Waals surface area contributed by atoms with E-state index in [-0.39, 0.29) is 0 Å². The standard InChI is InChI=1S/C12H24N2O3Si/c1-15-18(16-2,17-3)11-5-7-12-6-4-9-14(12)10-8-13/h4,6,9H,5,7-8,10-11,13H2,1-3H3. The first-order chi connectivity index (χ1) is 8.71. The molecule has 1 heterocycles. The molecule has 0 aromatic carbocycles. The highest BCUT2D eigenvalue weighted by Gasteiger charge is 2.36. The molecule has 0 aliphatic rings. The summed E-state index contributed by atoms with van der Waals surface area (Å²) in [7, 11) is 2.53. The molecule has 0 spiro atoms. The topological polar surface area (TPSA) is 58.6 Å². The van der Waals surface area contributed by atoms with Gasteiger partial charge >= 0.3 is 8.80 Å². The van der Waals surface area contributed by atoms with Crippen LogP contribution in [0, 0.1) is 0 Å². The van der Waals surface area contributed by atoms with Gasteiger partial charge in [0.05, 0.1) is 0 Å². The Kier molecular flexibility index (Phi) is 6.59. The summed E-state index contributed by atoms with van der Waals surface area (Å²) in [6.45, 7) is 1.53. The fourth-order valence-corrected chi connectivity index (χ4v) is 3.80. The SMILES string of the molecule is CO[Si](CCCc1cccn1CCN)(OC)OC. The largest absolute Gasteiger partial charge is 0.500 e. The summed E-state index contributed by atoms with van der Waals surface area (Å²) < 4.78 is 18.4. The smallest absolute Gasteiger partial charge is 0.377 e. The van der Waals surface area contributed by atoms with Gasteiger partial charge in [0.2, 0.25) is 0 Å². The Hall–Kier alpha value is -0.663. The van der Waals surface area contributed by atoms with Crippen molar-refractivity contribution >= 4 is 8.80 Å². The van der Waals surface area contributed by atoms with Gasteiger partial charge in [0, 0.05) is 52.4 Å². The molecule has 0 saturated carbocycles. The van der Waals surface area contributed by atoms with Gasteiger partial charge in [0.1, 0.15) is 0 Å². The molecule has 0 atom stereocenters. The number of aromatic nitrogens is 1. The third-order valence-electron chi connectivity index (χ3n) is 3.14. The molecule has 0 fully saturated rings. The number of aryl methyl sites for hydroxylation is 1. The molecular weight excluding hydrogens is 248 g/mol. The fraction of sp³-hybridized carbons (Fsp3) is 0.667. The fourth-order valence-electron chi connectivity index (χ4n) is 2.08. The second-order valence-electron chi connectivity index (χ2n) is 4.13. The maximum absolute atomic E-state index is 5.58. The first-order valence-electron chi connectivity index (χ1n) is 6.21. The lowest BCUT2D eigenvalue weighted by Gasteiger charge is -2.24. The second-order valence-corrected chi connectivity index (χ2v) is 7.22. The molecule has 2 N–H and O–H groups in total. The number of hydrogen-bond donors (Lipinski definition) is 1. The van der Waals surface area contributed by atoms with Crippen molar-refractivity contribution in [2.45, 2.75) is 25.4 Å². The van der Waals surface area contributed by atoms with Crippen LogP contribution in [0.3, 0.4) is 0 Å². The Labute approximate surface area is 110 Å². The van der Waals surface area contributed by atoms with Crippen LogP contribution >= 0.6 is 0 Å². The van der Waals surface area contributed by atoms with Crippen LogP contribution in [-0.2, 0) is 26.2 Å². The molecule has 6 heteroatoms. The van der Waals surface area contributed by atoms with Gasteiger partial charge in [-0.3, -0.25) is 0 Å². The van der Waals surface area contributed by atoms with Gasteiger partial charge in [-0.15, -0.1) is 0 Å². The van der Waals surface area contributed by atoms with Crippen LogP contribution in [-0.4, -0.2) is 41.2 Å². The summed E-state index contributed by atoms with van der Waals surface area (Å²) in [6.07, 6.45) is 4.03. The van der Waals surface area contributed by atoms with Crippen LogP contribution in [0.15, 0.2) is 18.3 Å². The van der Waals surface area contributed by atoms with E-state index in [0.29, 0.717) is 6.54 Å². The number of hydrogen-bond acceptors (Lipinski definition) is 4. The van der Waals surface area contributed by atoms with Crippen LogP contribution in [0.4, 0.5) is 0 Å². The lowest BCUT2D eigenvalue weighted by molar-refractivity contribution is 0.123. The van der Waals surface area contributed by atoms with E-state index in [1.165, 1.54) is 5.69 Å². The molecule has 1 aromatic heterocycles. The molecule has 0 unspecified atom stereocenters. The van der Waals surface area contributed by atoms with E-state index in [1.807, 2.05) is 0 Å². The minimum absolute atomic E-state index is 0.661. The highest BCUT2D eigenvalue weighted by Crippen LogP contribution is 2.17. The molecule has 1 rings (SSSR count). The molecule has 0 aliphatic heterocycles. The predicted molar refractivity (Wildman–Crippen MR) is 73.4 cm³/mol. The Morgan fingerprint density at radius 1 is 1.22 bits per heavy atom. The minimum Gasteiger partial charge on any atom is -0.377 e. The summed E-state index contributed by atoms with van der Waals surface area (Å²) in [5.74, 6) is 0. The molecule has 1 aromatic rings. The normalized spacial score (nSPS) is 12.0. The van der Waals surface area contributed by atoms with E-state index in [1.54, 1.807) is 21.3 Å². The molecule has 0 radical (unpaired) electrons. The Balaban J connectivity index is 2.47. The summed E-state index contributed by atoms with van der Waals surface area (Å²) in [5.41, 5.74) is 6.87. The minimum atomic E-state index is -2.42. The zero-order chi connectivity index (χ0) is 13.4. The lowest BCUT2D eigenvalue weighted by Crippen LogP contribution is -2.42. The third-order valence-corrected chi connectivity index (χ3v) is 5.97. The molecule has 0 amide bonds. The zero-order valence-electron chi connectivity index (χ0n) is 11.5. The van der Waals surface area contributed by atoms with Crippen molar-refractivity contribution < 1.29 is 13.3 Å². The monoisotopic (exact) mass is 272 g/mol. The summed E-state index contributed by atoms with van der Waals surface area (Å²) in [4.78, 5) is 0. The second kappa shape index (κ2) is 7.70. The lowest BCUT2D eigenvalue weighted by atomic mass is 10.2. The van der Waals surface area contributed by atoms with Gasteiger partial charge in [0.15, 0.2) is 0 Å². The van der Waals surface area contributed by atoms with E-state index in [2.05, 4.69) is 22.9 Å². The Morgan fingerprint density at radius 2 is 1.89 bits per heavy atom. The Bertz CT molecular complexity index is 332. The molecule has 0 bridgehead atoms. The molecule has 18 heavy (non-hydrogen) atoms. The number of nitrogens with two attached hydrogens (primary N) is 1. The van der Waals surface area contributed by atoms with E-state index >= 15 is 0 Å². The van der Waals surface area contributed by atoms with E-state index in [4.69, 9.17) is 19.0 Å². The number of rotatable bonds is 9. The van der Waals surface area contributed by atoms with Crippen LogP contribution < -0.4 is 5.73 Å². The van der Waals surface area contributed by atoms with Crippen molar-refractivity contribution in [2.75, 3.05) is 27.9 Å². The van der Waals surface area contributed by atoms with Crippen molar-refractivity contribution in [1.82, 2.24) is 4.57 Å². The molecule has 5 nitrogen and oxygen atoms in total. The summed E-state index contributed by atoms with van der Waals surface area (Å²) in [5, 5.41) is 0. The number of nitrogens with zero attached hydrogens (tertiary/aromatic N) is 1. The van der Waals surface area contributed by atoms with Crippen LogP contribution in [0.1, 0.15) is 12.1 Å². The van der Waals surface area contributed by atoms with Crippen molar-refractivity contribution in [3.63, 3.8) is 0 Å². The van der Waals surface area contributed by atoms with Crippen LogP contribution in [0.5, 0.6) is 0 Å². The van der Waals surface area contributed by atoms with Crippen molar-refractivity contribution in [3.05, 3.63) is 24.0 Å². The van der Waals surface area contributed by atoms with Gasteiger partial charge in [-0.05, 0) is 25.0 Å². The van der Waals surface area contributed by atoms with Crippen molar-refractivity contribution in [1.29, 1.82) is 0 Å². The van der Waals surface area contributed by atoms with E-state index in [0.717, 1.165) is 25.4 Å². The maximum Gasteiger partial charge on any atom is 0.500 e. The zero-order valence-corrected chi connectivity index (χ0v) is 12.5. The van der Waals surface area contributed by atoms with Crippen LogP contribution in [0.25, 0.3) is 0 Å². The molecule has 0 saturated heterocycles. The average Bonchev–Trinajstić information content (AvgIpc) is 2.83. The van der Waals surface area contributed by atoms with Crippen LogP contribution in [0.2, 0.25) is 6.04 Å². The predicted octanol–water partition coefficient (Wildman–Crippen LogP) is 1.26. The third kappa shape index (κ3) is 3.93. The highest BCUT2D eigenvalue weighted by atomic mass is 28.4. The Morgan fingerprint density at radius 3 is 2.44 bits per heavy atom. The van der Waals surface area contributed by atoms with Gasteiger partial charge in [-0.2, -0.15) is 0 Å². The van der Waals surface area contributed by atoms with Crippen molar-refractivity contribution in [2.24, 2.45) is 5.73 Å². The van der Waals surface area contributed by atoms with Crippen molar-refractivity contribution in [3.8, 4) is 0 Å². The summed E-state index contributed by atoms with van der Waals surface area (Å²) >= 11 is 0. The van der Waals surface area contributed by atoms with E-state index < -0.39 is 8.80 Å². The van der Waals surface area contributed by atoms with Gasteiger partial charge in [0.25, 0.3) is 0 Å². The first-order valence-corrected chi connectivity index (χ1v) is 8.14. The average molecular weight is 272 g/mol. The van der Waals surface area contributed by atoms with Gasteiger partial charge in [-0.25, -0.2) is 0 Å². The van der Waals surface area contributed by atoms with Gasteiger partial charge < -0.3 is 23.6 Å². The van der Waals surface area contributed by atoms with E-state index in [9.17, 15) is 0 Å². The summed E-state index contributed by atoms with van der Waals surface area (Å²) in [6, 6.07) is 5.01. The maximum atomic E-state index is 5.58.